The van der Waals surface area contributed by atoms with Crippen molar-refractivity contribution in [2.24, 2.45) is 0 Å². The molecule has 0 radical (unpaired) electrons. The summed E-state index contributed by atoms with van der Waals surface area (Å²) in [5.74, 6) is -4.59. The first kappa shape index (κ1) is 12.7. The van der Waals surface area contributed by atoms with Gasteiger partial charge in [0, 0.05) is 0 Å². The quantitative estimate of drug-likeness (QED) is 0.653. The van der Waals surface area contributed by atoms with Gasteiger partial charge in [-0.3, -0.25) is 10.1 Å². The molecule has 1 aromatic carbocycles. The smallest absolute Gasteiger partial charge is 0.387 e. The van der Waals surface area contributed by atoms with Gasteiger partial charge in [0.2, 0.25) is 5.75 Å². The molecule has 1 aromatic rings. The number of carboxylic acids is 1. The molecule has 0 atom stereocenters. The summed E-state index contributed by atoms with van der Waals surface area (Å²) in [6, 6.07) is 1.09. The van der Waals surface area contributed by atoms with Crippen LogP contribution in [0.1, 0.15) is 10.4 Å². The molecule has 0 fully saturated rings. The zero-order chi connectivity index (χ0) is 13.2. The molecule has 9 heteroatoms. The maximum atomic E-state index is 13.1. The Morgan fingerprint density at radius 2 is 2.06 bits per heavy atom. The summed E-state index contributed by atoms with van der Waals surface area (Å²) < 4.78 is 40.5. The van der Waals surface area contributed by atoms with E-state index in [0.717, 1.165) is 0 Å². The highest BCUT2D eigenvalue weighted by Crippen LogP contribution is 2.34. The van der Waals surface area contributed by atoms with Crippen LogP contribution in [0.4, 0.5) is 18.9 Å². The minimum absolute atomic E-state index is 0.494. The highest BCUT2D eigenvalue weighted by molar-refractivity contribution is 5.93. The molecule has 17 heavy (non-hydrogen) atoms. The Kier molecular flexibility index (Phi) is 3.51. The number of rotatable bonds is 4. The molecule has 0 heterocycles. The van der Waals surface area contributed by atoms with Gasteiger partial charge in [-0.15, -0.1) is 0 Å². The fourth-order valence-corrected chi connectivity index (χ4v) is 1.10. The Labute approximate surface area is 91.4 Å². The second-order valence-corrected chi connectivity index (χ2v) is 2.71. The van der Waals surface area contributed by atoms with E-state index in [2.05, 4.69) is 4.74 Å². The van der Waals surface area contributed by atoms with Gasteiger partial charge in [-0.2, -0.15) is 8.78 Å². The summed E-state index contributed by atoms with van der Waals surface area (Å²) in [5, 5.41) is 19.1. The van der Waals surface area contributed by atoms with Gasteiger partial charge in [0.15, 0.2) is 5.82 Å². The number of carbonyl (C=O) groups is 1. The Bertz CT molecular complexity index is 476. The van der Waals surface area contributed by atoms with Crippen LogP contribution in [0.5, 0.6) is 5.75 Å². The van der Waals surface area contributed by atoms with Crippen LogP contribution in [0.3, 0.4) is 0 Å². The van der Waals surface area contributed by atoms with Crippen molar-refractivity contribution in [3.63, 3.8) is 0 Å². The van der Waals surface area contributed by atoms with Crippen LogP contribution in [0.2, 0.25) is 0 Å². The summed E-state index contributed by atoms with van der Waals surface area (Å²) >= 11 is 0. The van der Waals surface area contributed by atoms with Gasteiger partial charge in [-0.25, -0.2) is 9.18 Å². The number of nitro groups is 1. The number of hydrogen-bond donors (Lipinski definition) is 1. The van der Waals surface area contributed by atoms with E-state index in [1.54, 1.807) is 0 Å². The monoisotopic (exact) mass is 251 g/mol. The first-order chi connectivity index (χ1) is 7.84. The second kappa shape index (κ2) is 4.68. The minimum atomic E-state index is -3.51. The van der Waals surface area contributed by atoms with Crippen LogP contribution >= 0.6 is 0 Å². The van der Waals surface area contributed by atoms with Crippen LogP contribution in [-0.4, -0.2) is 22.6 Å². The van der Waals surface area contributed by atoms with Crippen LogP contribution in [0.15, 0.2) is 12.1 Å². The predicted octanol–water partition coefficient (Wildman–Crippen LogP) is 2.03. The lowest BCUT2D eigenvalue weighted by Gasteiger charge is -2.07. The molecule has 0 saturated heterocycles. The number of nitrogens with zero attached hydrogens (tertiary/aromatic N) is 1. The summed E-state index contributed by atoms with van der Waals surface area (Å²) in [6.07, 6.45) is 0. The van der Waals surface area contributed by atoms with Crippen molar-refractivity contribution < 1.29 is 32.7 Å². The third-order valence-corrected chi connectivity index (χ3v) is 1.70. The third kappa shape index (κ3) is 2.62. The van der Waals surface area contributed by atoms with Crippen molar-refractivity contribution >= 4 is 11.7 Å². The average Bonchev–Trinajstić information content (AvgIpc) is 2.19. The Balaban J connectivity index is 3.48. The number of hydrogen-bond acceptors (Lipinski definition) is 4. The molecule has 0 aliphatic heterocycles. The highest BCUT2D eigenvalue weighted by Gasteiger charge is 2.30. The van der Waals surface area contributed by atoms with Gasteiger partial charge in [0.25, 0.3) is 0 Å². The number of benzene rings is 1. The lowest BCUT2D eigenvalue weighted by atomic mass is 10.1. The third-order valence-electron chi connectivity index (χ3n) is 1.70. The van der Waals surface area contributed by atoms with Gasteiger partial charge in [0.1, 0.15) is 5.56 Å². The number of ether oxygens (including phenoxy) is 1. The van der Waals surface area contributed by atoms with Crippen molar-refractivity contribution in [3.05, 3.63) is 33.6 Å². The SMILES string of the molecule is O=C(O)c1ccc(F)c(OC(F)F)c1[N+](=O)[O-]. The van der Waals surface area contributed by atoms with E-state index in [9.17, 15) is 28.1 Å². The van der Waals surface area contributed by atoms with Gasteiger partial charge in [0.05, 0.1) is 4.92 Å². The van der Waals surface area contributed by atoms with Crippen molar-refractivity contribution in [1.82, 2.24) is 0 Å². The summed E-state index contributed by atoms with van der Waals surface area (Å²) in [4.78, 5) is 19.8. The van der Waals surface area contributed by atoms with Crippen LogP contribution in [0, 0.1) is 15.9 Å². The first-order valence-electron chi connectivity index (χ1n) is 3.99. The summed E-state index contributed by atoms with van der Waals surface area (Å²) in [7, 11) is 0. The molecule has 0 aliphatic carbocycles. The standard InChI is InChI=1S/C8H4F3NO5/c9-4-2-1-3(7(13)14)5(12(15)16)6(4)17-8(10)11/h1-2,8H,(H,13,14). The fraction of sp³-hybridized carbons (Fsp3) is 0.125. The number of halogens is 3. The molecule has 1 rings (SSSR count). The molecule has 6 nitrogen and oxygen atoms in total. The maximum Gasteiger partial charge on any atom is 0.387 e. The van der Waals surface area contributed by atoms with Crippen molar-refractivity contribution in [2.45, 2.75) is 6.61 Å². The van der Waals surface area contributed by atoms with E-state index in [1.165, 1.54) is 0 Å². The molecule has 0 saturated carbocycles. The molecule has 0 aliphatic rings. The zero-order valence-corrected chi connectivity index (χ0v) is 7.89. The van der Waals surface area contributed by atoms with Crippen molar-refractivity contribution in [2.75, 3.05) is 0 Å². The molecule has 1 N–H and O–H groups in total. The van der Waals surface area contributed by atoms with Gasteiger partial charge in [-0.05, 0) is 12.1 Å². The van der Waals surface area contributed by atoms with Crippen molar-refractivity contribution in [3.8, 4) is 5.75 Å². The molecule has 92 valence electrons. The molecule has 0 unspecified atom stereocenters. The summed E-state index contributed by atoms with van der Waals surface area (Å²) in [6.45, 7) is -3.51. The van der Waals surface area contributed by atoms with Gasteiger partial charge in [-0.1, -0.05) is 0 Å². The highest BCUT2D eigenvalue weighted by atomic mass is 19.3. The van der Waals surface area contributed by atoms with E-state index < -0.39 is 40.3 Å². The Morgan fingerprint density at radius 3 is 2.47 bits per heavy atom. The van der Waals surface area contributed by atoms with E-state index >= 15 is 0 Å². The van der Waals surface area contributed by atoms with Gasteiger partial charge < -0.3 is 9.84 Å². The maximum absolute atomic E-state index is 13.1. The number of nitro benzene ring substituents is 1. The van der Waals surface area contributed by atoms with E-state index in [4.69, 9.17) is 5.11 Å². The normalized spacial score (nSPS) is 10.4. The molecular formula is C8H4F3NO5. The zero-order valence-electron chi connectivity index (χ0n) is 7.89. The van der Waals surface area contributed by atoms with E-state index in [1.807, 2.05) is 0 Å². The fourth-order valence-electron chi connectivity index (χ4n) is 1.10. The molecule has 0 bridgehead atoms. The molecule has 0 spiro atoms. The van der Waals surface area contributed by atoms with Crippen molar-refractivity contribution in [1.29, 1.82) is 0 Å². The molecule has 0 aromatic heterocycles. The molecular weight excluding hydrogens is 247 g/mol. The summed E-state index contributed by atoms with van der Waals surface area (Å²) in [5.41, 5.74) is -2.29. The second-order valence-electron chi connectivity index (χ2n) is 2.71. The van der Waals surface area contributed by atoms with E-state index in [0.29, 0.717) is 12.1 Å². The average molecular weight is 251 g/mol. The van der Waals surface area contributed by atoms with Crippen LogP contribution in [-0.2, 0) is 0 Å². The van der Waals surface area contributed by atoms with E-state index in [-0.39, 0.29) is 0 Å². The van der Waals surface area contributed by atoms with Crippen LogP contribution in [0.25, 0.3) is 0 Å². The molecule has 0 amide bonds. The Morgan fingerprint density at radius 1 is 1.47 bits per heavy atom. The van der Waals surface area contributed by atoms with Gasteiger partial charge >= 0.3 is 18.3 Å². The topological polar surface area (TPSA) is 89.7 Å². The predicted molar refractivity (Wildman–Crippen MR) is 46.6 cm³/mol. The number of aromatic carboxylic acids is 1. The van der Waals surface area contributed by atoms with Crippen LogP contribution < -0.4 is 4.74 Å². The lowest BCUT2D eigenvalue weighted by Crippen LogP contribution is -2.10. The number of alkyl halides is 2. The number of carboxylic acid groups (broad SMARTS) is 1. The lowest BCUT2D eigenvalue weighted by molar-refractivity contribution is -0.387. The minimum Gasteiger partial charge on any atom is -0.477 e. The largest absolute Gasteiger partial charge is 0.477 e. The Hall–Kier alpha value is -2.32. The first-order valence-corrected chi connectivity index (χ1v) is 3.99.